The van der Waals surface area contributed by atoms with Crippen LogP contribution in [0.4, 0.5) is 0 Å². The predicted molar refractivity (Wildman–Crippen MR) is 453 cm³/mol. The van der Waals surface area contributed by atoms with Crippen molar-refractivity contribution in [3.63, 3.8) is 0 Å². The first kappa shape index (κ1) is 98.3. The normalized spacial score (nSPS) is 24.9. The second-order valence-electron chi connectivity index (χ2n) is 30.6. The Morgan fingerprint density at radius 1 is 0.356 bits per heavy atom. The summed E-state index contributed by atoms with van der Waals surface area (Å²) in [6.07, 6.45) is 60.7. The topological polar surface area (TPSA) is 73.8 Å². The zero-order valence-electron chi connectivity index (χ0n) is 73.1. The molecule has 0 aromatic rings. The molecule has 0 aromatic heterocycles. The van der Waals surface area contributed by atoms with Crippen molar-refractivity contribution in [3.8, 4) is 0 Å². The summed E-state index contributed by atoms with van der Waals surface area (Å²) in [5, 5.41) is 0. The van der Waals surface area contributed by atoms with E-state index >= 15 is 0 Å². The largest absolute Gasteiger partial charge is 0.498 e. The fourth-order valence-electron chi connectivity index (χ4n) is 15.1. The maximum Gasteiger partial charge on any atom is 0.119 e. The number of allylic oxidation sites excluding steroid dienone is 11. The second-order valence-corrected chi connectivity index (χ2v) is 30.6. The average Bonchev–Trinajstić information content (AvgIpc) is 1.01. The van der Waals surface area contributed by atoms with E-state index in [1.165, 1.54) is 209 Å². The second kappa shape index (κ2) is 62.1. The first-order valence-electron chi connectivity index (χ1n) is 44.6. The van der Waals surface area contributed by atoms with Gasteiger partial charge in [-0.25, -0.2) is 0 Å². The molecule has 0 saturated carbocycles. The molecule has 104 heavy (non-hydrogen) atoms. The van der Waals surface area contributed by atoms with Gasteiger partial charge >= 0.3 is 0 Å². The van der Waals surface area contributed by atoms with Crippen LogP contribution in [-0.2, 0) is 37.9 Å². The van der Waals surface area contributed by atoms with E-state index < -0.39 is 0 Å². The van der Waals surface area contributed by atoms with Crippen LogP contribution < -0.4 is 0 Å². The zero-order valence-corrected chi connectivity index (χ0v) is 73.1. The molecule has 8 aliphatic rings. The van der Waals surface area contributed by atoms with Gasteiger partial charge in [-0.3, -0.25) is 0 Å². The summed E-state index contributed by atoms with van der Waals surface area (Å²) in [6, 6.07) is 0. The molecule has 8 heteroatoms. The molecule has 1 saturated heterocycles. The Morgan fingerprint density at radius 3 is 1.49 bits per heavy atom. The van der Waals surface area contributed by atoms with Crippen LogP contribution in [0.5, 0.6) is 0 Å². The lowest BCUT2D eigenvalue weighted by Gasteiger charge is -2.35. The molecular weight excluding hydrogens is 1280 g/mol. The molecule has 0 radical (unpaired) electrons. The van der Waals surface area contributed by atoms with Crippen LogP contribution >= 0.6 is 0 Å². The highest BCUT2D eigenvalue weighted by atomic mass is 16.5. The van der Waals surface area contributed by atoms with Crippen molar-refractivity contribution in [3.05, 3.63) is 116 Å². The third-order valence-electron chi connectivity index (χ3n) is 22.6. The maximum atomic E-state index is 5.93. The highest BCUT2D eigenvalue weighted by Crippen LogP contribution is 2.36. The third kappa shape index (κ3) is 38.1. The van der Waals surface area contributed by atoms with Crippen LogP contribution in [-0.4, -0.2) is 63.6 Å². The quantitative estimate of drug-likeness (QED) is 0.0617. The van der Waals surface area contributed by atoms with Crippen molar-refractivity contribution in [2.24, 2.45) is 35.5 Å². The van der Waals surface area contributed by atoms with Gasteiger partial charge in [-0.15, -0.1) is 0 Å². The molecule has 604 valence electrons. The average molecular weight is 1450 g/mol. The van der Waals surface area contributed by atoms with Crippen molar-refractivity contribution in [1.29, 1.82) is 0 Å². The molecule has 0 aromatic carbocycles. The van der Waals surface area contributed by atoms with Crippen molar-refractivity contribution < 1.29 is 37.9 Å². The molecule has 11 atom stereocenters. The van der Waals surface area contributed by atoms with E-state index in [1.807, 2.05) is 18.8 Å². The van der Waals surface area contributed by atoms with Crippen molar-refractivity contribution in [2.45, 2.75) is 428 Å². The third-order valence-corrected chi connectivity index (χ3v) is 22.6. The maximum absolute atomic E-state index is 5.93. The molecule has 8 nitrogen and oxygen atoms in total. The molecular formula is C96H172O8. The summed E-state index contributed by atoms with van der Waals surface area (Å²) in [7, 11) is 0. The standard InChI is InChI=1S/C12H24O.4C12H22O.3C12H20O/c8*1-4-7-12-11(6-3)8-10(5-2)9-13-12/h10-12H,4-9H2,1-3H3;10H,4-9H2,1-3H3;9,11-12H,4-8H2,1-3H3;8,11-12H,4-7,9H2,1-3H3;8,10,12H,4-7,9H2,1-3H3;9H,4-8H2,1-3H3;8H,4-7,9H2,1-3H3;8-9,12H,4-7H2,1-3H3. The van der Waals surface area contributed by atoms with Crippen LogP contribution in [0.2, 0.25) is 0 Å². The highest BCUT2D eigenvalue weighted by molar-refractivity contribution is 5.30. The molecule has 11 unspecified atom stereocenters. The summed E-state index contributed by atoms with van der Waals surface area (Å²) in [4.78, 5) is 0. The Morgan fingerprint density at radius 2 is 0.952 bits per heavy atom. The molecule has 0 N–H and O–H groups in total. The van der Waals surface area contributed by atoms with E-state index in [9.17, 15) is 0 Å². The molecule has 0 bridgehead atoms. The summed E-state index contributed by atoms with van der Waals surface area (Å²) < 4.78 is 46.3. The molecule has 8 rings (SSSR count). The minimum atomic E-state index is 0.352. The van der Waals surface area contributed by atoms with E-state index in [-0.39, 0.29) is 0 Å². The zero-order chi connectivity index (χ0) is 77.5. The van der Waals surface area contributed by atoms with Gasteiger partial charge in [0.15, 0.2) is 0 Å². The van der Waals surface area contributed by atoms with Crippen molar-refractivity contribution >= 4 is 0 Å². The summed E-state index contributed by atoms with van der Waals surface area (Å²) in [5.41, 5.74) is 14.6. The highest BCUT2D eigenvalue weighted by Gasteiger charge is 2.30. The van der Waals surface area contributed by atoms with Crippen LogP contribution in [0.25, 0.3) is 0 Å². The molecule has 0 aliphatic carbocycles. The molecule has 8 heterocycles. The minimum absolute atomic E-state index is 0.352. The lowest BCUT2D eigenvalue weighted by molar-refractivity contribution is -0.0618. The molecule has 0 amide bonds. The van der Waals surface area contributed by atoms with Crippen LogP contribution in [0, 0.1) is 35.5 Å². The SMILES string of the molecule is CCCC1=C(CC)C=C(CC)CO1.CCCC1=C(CC)CC(CC)=CO1.CCCC1=C(CC)CC(CC)CO1.CCCC1OC=C(CC)C=C1CC.CCCC1OC=C(CC)CC1CC.CCCC1OCC(CC)=CC1CC.CCCC1OCC(CC)C=C1CC.CCCC1OCC(CC)CC1CC. The van der Waals surface area contributed by atoms with Gasteiger partial charge in [0.05, 0.1) is 68.4 Å². The van der Waals surface area contributed by atoms with Gasteiger partial charge in [0.2, 0.25) is 0 Å². The first-order valence-corrected chi connectivity index (χ1v) is 44.6. The Kier molecular flexibility index (Phi) is 58.7. The number of hydrogen-bond donors (Lipinski definition) is 0. The van der Waals surface area contributed by atoms with Gasteiger partial charge < -0.3 is 37.9 Å². The van der Waals surface area contributed by atoms with E-state index in [0.717, 1.165) is 147 Å². The Hall–Kier alpha value is -3.72. The fourth-order valence-corrected chi connectivity index (χ4v) is 15.1. The van der Waals surface area contributed by atoms with Crippen LogP contribution in [0.1, 0.15) is 397 Å². The Labute approximate surface area is 646 Å². The van der Waals surface area contributed by atoms with Crippen LogP contribution in [0.15, 0.2) is 116 Å². The van der Waals surface area contributed by atoms with Gasteiger partial charge in [0, 0.05) is 37.7 Å². The van der Waals surface area contributed by atoms with Gasteiger partial charge in [-0.05, 0) is 246 Å². The Balaban J connectivity index is 0.000000594. The molecule has 8 aliphatic heterocycles. The number of rotatable bonds is 32. The minimum Gasteiger partial charge on any atom is -0.498 e. The fraction of sp³-hybridized carbons (Fsp3) is 0.792. The predicted octanol–water partition coefficient (Wildman–Crippen LogP) is 30.3. The van der Waals surface area contributed by atoms with Gasteiger partial charge in [0.1, 0.15) is 24.6 Å². The van der Waals surface area contributed by atoms with Crippen LogP contribution in [0.3, 0.4) is 0 Å². The lowest BCUT2D eigenvalue weighted by atomic mass is 9.83. The number of hydrogen-bond acceptors (Lipinski definition) is 8. The molecule has 0 spiro atoms. The van der Waals surface area contributed by atoms with Gasteiger partial charge in [-0.2, -0.15) is 0 Å². The molecule has 1 fully saturated rings. The summed E-state index contributed by atoms with van der Waals surface area (Å²) in [6.45, 7) is 58.0. The Bertz CT molecular complexity index is 2480. The number of ether oxygens (including phenoxy) is 8. The van der Waals surface area contributed by atoms with E-state index in [1.54, 1.807) is 5.57 Å². The summed E-state index contributed by atoms with van der Waals surface area (Å²) in [5.74, 6) is 8.29. The monoisotopic (exact) mass is 1450 g/mol. The van der Waals surface area contributed by atoms with Gasteiger partial charge in [0.25, 0.3) is 0 Å². The lowest BCUT2D eigenvalue weighted by Crippen LogP contribution is -2.34. The van der Waals surface area contributed by atoms with E-state index in [2.05, 4.69) is 190 Å². The van der Waals surface area contributed by atoms with Gasteiger partial charge in [-0.1, -0.05) is 235 Å². The van der Waals surface area contributed by atoms with Crippen molar-refractivity contribution in [2.75, 3.05) is 33.0 Å². The van der Waals surface area contributed by atoms with Crippen molar-refractivity contribution in [1.82, 2.24) is 0 Å². The first-order chi connectivity index (χ1) is 50.5. The smallest absolute Gasteiger partial charge is 0.119 e. The van der Waals surface area contributed by atoms with E-state index in [4.69, 9.17) is 37.9 Å². The summed E-state index contributed by atoms with van der Waals surface area (Å²) >= 11 is 0. The van der Waals surface area contributed by atoms with E-state index in [0.29, 0.717) is 42.4 Å².